The molecular weight excluding hydrogens is 228 g/mol. The lowest BCUT2D eigenvalue weighted by Gasteiger charge is -2.13. The molecule has 3 heteroatoms. The number of ether oxygens (including phenoxy) is 2. The van der Waals surface area contributed by atoms with Gasteiger partial charge in [-0.15, -0.1) is 0 Å². The highest BCUT2D eigenvalue weighted by Crippen LogP contribution is 2.33. The van der Waals surface area contributed by atoms with Crippen LogP contribution in [0.5, 0.6) is 5.75 Å². The molecule has 1 aromatic rings. The maximum Gasteiger partial charge on any atom is 0.119 e. The van der Waals surface area contributed by atoms with Crippen molar-refractivity contribution in [2.24, 2.45) is 0 Å². The lowest BCUT2D eigenvalue weighted by atomic mass is 10.1. The van der Waals surface area contributed by atoms with Gasteiger partial charge in [-0.25, -0.2) is 0 Å². The standard InChI is InChI=1S/C15H20O3/c1-10-2-4-13(18-10)9-17-12-5-6-14-11(8-12)3-7-15(14)16/h5-6,8,10,13,15-16H,2-4,7,9H2,1H3/t10?,13?,15-/m1/s1. The van der Waals surface area contributed by atoms with Crippen molar-refractivity contribution in [1.29, 1.82) is 0 Å². The monoisotopic (exact) mass is 248 g/mol. The van der Waals surface area contributed by atoms with E-state index in [1.165, 1.54) is 5.56 Å². The maximum absolute atomic E-state index is 9.74. The van der Waals surface area contributed by atoms with Crippen molar-refractivity contribution in [2.45, 2.75) is 50.9 Å². The molecule has 18 heavy (non-hydrogen) atoms. The van der Waals surface area contributed by atoms with Gasteiger partial charge in [-0.05, 0) is 55.9 Å². The molecule has 1 aliphatic heterocycles. The summed E-state index contributed by atoms with van der Waals surface area (Å²) in [4.78, 5) is 0. The maximum atomic E-state index is 9.74. The molecule has 0 spiro atoms. The fourth-order valence-corrected chi connectivity index (χ4v) is 2.86. The summed E-state index contributed by atoms with van der Waals surface area (Å²) >= 11 is 0. The molecule has 0 aromatic heterocycles. The Morgan fingerprint density at radius 1 is 1.33 bits per heavy atom. The molecule has 1 heterocycles. The molecule has 98 valence electrons. The lowest BCUT2D eigenvalue weighted by molar-refractivity contribution is 0.0264. The molecule has 3 atom stereocenters. The topological polar surface area (TPSA) is 38.7 Å². The van der Waals surface area contributed by atoms with Gasteiger partial charge in [-0.2, -0.15) is 0 Å². The van der Waals surface area contributed by atoms with Crippen molar-refractivity contribution in [3.63, 3.8) is 0 Å². The van der Waals surface area contributed by atoms with Crippen LogP contribution in [0.4, 0.5) is 0 Å². The van der Waals surface area contributed by atoms with Gasteiger partial charge in [0, 0.05) is 0 Å². The normalized spacial score (nSPS) is 30.4. The zero-order valence-corrected chi connectivity index (χ0v) is 10.8. The summed E-state index contributed by atoms with van der Waals surface area (Å²) in [5.41, 5.74) is 2.29. The second kappa shape index (κ2) is 4.90. The summed E-state index contributed by atoms with van der Waals surface area (Å²) in [6.07, 6.45) is 4.32. The van der Waals surface area contributed by atoms with Crippen molar-refractivity contribution in [1.82, 2.24) is 0 Å². The molecule has 2 aliphatic rings. The molecular formula is C15H20O3. The minimum atomic E-state index is -0.284. The molecule has 1 aliphatic carbocycles. The molecule has 0 bridgehead atoms. The van der Waals surface area contributed by atoms with E-state index in [0.717, 1.165) is 37.0 Å². The van der Waals surface area contributed by atoms with Gasteiger partial charge < -0.3 is 14.6 Å². The van der Waals surface area contributed by atoms with Crippen LogP contribution in [0.1, 0.15) is 43.4 Å². The van der Waals surface area contributed by atoms with Gasteiger partial charge in [-0.3, -0.25) is 0 Å². The van der Waals surface area contributed by atoms with Gasteiger partial charge in [0.1, 0.15) is 12.4 Å². The highest BCUT2D eigenvalue weighted by molar-refractivity contribution is 5.39. The molecule has 1 fully saturated rings. The van der Waals surface area contributed by atoms with E-state index in [4.69, 9.17) is 9.47 Å². The Bertz CT molecular complexity index is 430. The summed E-state index contributed by atoms with van der Waals surface area (Å²) in [5.74, 6) is 0.894. The molecule has 1 saturated heterocycles. The number of aliphatic hydroxyl groups is 1. The molecule has 0 radical (unpaired) electrons. The number of aliphatic hydroxyl groups excluding tert-OH is 1. The SMILES string of the molecule is CC1CCC(COc2ccc3c(c2)CC[C@H]3O)O1. The number of aryl methyl sites for hydroxylation is 1. The first-order valence-corrected chi connectivity index (χ1v) is 6.81. The first kappa shape index (κ1) is 12.0. The van der Waals surface area contributed by atoms with Gasteiger partial charge in [0.25, 0.3) is 0 Å². The quantitative estimate of drug-likeness (QED) is 0.893. The smallest absolute Gasteiger partial charge is 0.119 e. The van der Waals surface area contributed by atoms with Crippen molar-refractivity contribution >= 4 is 0 Å². The molecule has 1 aromatic carbocycles. The molecule has 2 unspecified atom stereocenters. The van der Waals surface area contributed by atoms with Gasteiger partial charge in [0.05, 0.1) is 18.3 Å². The Balaban J connectivity index is 1.60. The van der Waals surface area contributed by atoms with E-state index in [1.807, 2.05) is 12.1 Å². The fraction of sp³-hybridized carbons (Fsp3) is 0.600. The Hall–Kier alpha value is -1.06. The average molecular weight is 248 g/mol. The van der Waals surface area contributed by atoms with Crippen molar-refractivity contribution < 1.29 is 14.6 Å². The summed E-state index contributed by atoms with van der Waals surface area (Å²) in [6, 6.07) is 6.00. The number of hydrogen-bond donors (Lipinski definition) is 1. The first-order valence-electron chi connectivity index (χ1n) is 6.81. The average Bonchev–Trinajstić information content (AvgIpc) is 2.94. The van der Waals surface area contributed by atoms with E-state index in [9.17, 15) is 5.11 Å². The summed E-state index contributed by atoms with van der Waals surface area (Å²) in [7, 11) is 0. The lowest BCUT2D eigenvalue weighted by Crippen LogP contribution is -2.17. The molecule has 3 rings (SSSR count). The van der Waals surface area contributed by atoms with Gasteiger partial charge in [0.2, 0.25) is 0 Å². The number of hydrogen-bond acceptors (Lipinski definition) is 3. The Morgan fingerprint density at radius 2 is 2.22 bits per heavy atom. The molecule has 3 nitrogen and oxygen atoms in total. The van der Waals surface area contributed by atoms with E-state index in [-0.39, 0.29) is 12.2 Å². The van der Waals surface area contributed by atoms with Gasteiger partial charge >= 0.3 is 0 Å². The second-order valence-corrected chi connectivity index (χ2v) is 5.37. The Kier molecular flexibility index (Phi) is 3.27. The third-order valence-corrected chi connectivity index (χ3v) is 3.92. The largest absolute Gasteiger partial charge is 0.491 e. The fourth-order valence-electron chi connectivity index (χ4n) is 2.86. The van der Waals surface area contributed by atoms with Crippen molar-refractivity contribution in [2.75, 3.05) is 6.61 Å². The minimum absolute atomic E-state index is 0.235. The first-order chi connectivity index (χ1) is 8.72. The Labute approximate surface area is 108 Å². The van der Waals surface area contributed by atoms with E-state index in [0.29, 0.717) is 12.7 Å². The van der Waals surface area contributed by atoms with E-state index >= 15 is 0 Å². The number of rotatable bonds is 3. The van der Waals surface area contributed by atoms with Crippen LogP contribution in [0.2, 0.25) is 0 Å². The van der Waals surface area contributed by atoms with Crippen LogP contribution < -0.4 is 4.74 Å². The van der Waals surface area contributed by atoms with E-state index in [2.05, 4.69) is 13.0 Å². The highest BCUT2D eigenvalue weighted by Gasteiger charge is 2.23. The zero-order valence-electron chi connectivity index (χ0n) is 10.8. The summed E-state index contributed by atoms with van der Waals surface area (Å²) < 4.78 is 11.5. The van der Waals surface area contributed by atoms with Crippen LogP contribution in [0.3, 0.4) is 0 Å². The number of benzene rings is 1. The van der Waals surface area contributed by atoms with Crippen LogP contribution >= 0.6 is 0 Å². The zero-order chi connectivity index (χ0) is 12.5. The molecule has 0 saturated carbocycles. The minimum Gasteiger partial charge on any atom is -0.491 e. The third-order valence-electron chi connectivity index (χ3n) is 3.92. The third kappa shape index (κ3) is 2.38. The van der Waals surface area contributed by atoms with Crippen molar-refractivity contribution in [3.8, 4) is 5.75 Å². The van der Waals surface area contributed by atoms with Crippen LogP contribution in [-0.2, 0) is 11.2 Å². The summed E-state index contributed by atoms with van der Waals surface area (Å²) in [6.45, 7) is 2.74. The predicted octanol–water partition coefficient (Wildman–Crippen LogP) is 2.61. The van der Waals surface area contributed by atoms with Crippen molar-refractivity contribution in [3.05, 3.63) is 29.3 Å². The van der Waals surface area contributed by atoms with Crippen LogP contribution in [0, 0.1) is 0 Å². The van der Waals surface area contributed by atoms with Crippen LogP contribution in [0.25, 0.3) is 0 Å². The van der Waals surface area contributed by atoms with Gasteiger partial charge in [-0.1, -0.05) is 6.07 Å². The van der Waals surface area contributed by atoms with Crippen LogP contribution in [-0.4, -0.2) is 23.9 Å². The highest BCUT2D eigenvalue weighted by atomic mass is 16.5. The molecule has 1 N–H and O–H groups in total. The van der Waals surface area contributed by atoms with Crippen LogP contribution in [0.15, 0.2) is 18.2 Å². The summed E-state index contributed by atoms with van der Waals surface area (Å²) in [5, 5.41) is 9.74. The molecule has 0 amide bonds. The number of fused-ring (bicyclic) bond motifs is 1. The Morgan fingerprint density at radius 3 is 3.00 bits per heavy atom. The van der Waals surface area contributed by atoms with E-state index < -0.39 is 0 Å². The predicted molar refractivity (Wildman–Crippen MR) is 68.8 cm³/mol. The van der Waals surface area contributed by atoms with Gasteiger partial charge in [0.15, 0.2) is 0 Å². The van der Waals surface area contributed by atoms with E-state index in [1.54, 1.807) is 0 Å². The second-order valence-electron chi connectivity index (χ2n) is 5.37.